The molecule has 0 aromatic carbocycles. The highest BCUT2D eigenvalue weighted by atomic mass is 15.0. The number of nitrogens with zero attached hydrogens (tertiary/aromatic N) is 1. The fourth-order valence-electron chi connectivity index (χ4n) is 4.89. The Morgan fingerprint density at radius 1 is 1.18 bits per heavy atom. The molecule has 17 heavy (non-hydrogen) atoms. The second-order valence-corrected chi connectivity index (χ2v) is 6.74. The van der Waals surface area contributed by atoms with E-state index in [1.54, 1.807) is 0 Å². The number of rotatable bonds is 3. The van der Waals surface area contributed by atoms with Crippen LogP contribution in [-0.2, 0) is 0 Å². The van der Waals surface area contributed by atoms with Gasteiger partial charge in [-0.25, -0.2) is 0 Å². The van der Waals surface area contributed by atoms with Crippen molar-refractivity contribution >= 4 is 0 Å². The smallest absolute Gasteiger partial charge is 0.112 e. The summed E-state index contributed by atoms with van der Waals surface area (Å²) in [5.41, 5.74) is -0.178. The minimum absolute atomic E-state index is 0.178. The van der Waals surface area contributed by atoms with Crippen molar-refractivity contribution in [1.82, 2.24) is 5.32 Å². The normalized spacial score (nSPS) is 49.0. The lowest BCUT2D eigenvalue weighted by atomic mass is 9.49. The molecule has 0 radical (unpaired) electrons. The van der Waals surface area contributed by atoms with Gasteiger partial charge in [0, 0.05) is 6.04 Å². The van der Waals surface area contributed by atoms with Gasteiger partial charge in [-0.1, -0.05) is 6.92 Å². The van der Waals surface area contributed by atoms with Crippen LogP contribution >= 0.6 is 0 Å². The van der Waals surface area contributed by atoms with Gasteiger partial charge in [-0.2, -0.15) is 5.26 Å². The van der Waals surface area contributed by atoms with E-state index in [9.17, 15) is 5.26 Å². The van der Waals surface area contributed by atoms with E-state index in [1.165, 1.54) is 32.1 Å². The molecular weight excluding hydrogens is 208 g/mol. The molecule has 0 aliphatic heterocycles. The van der Waals surface area contributed by atoms with Crippen LogP contribution in [0.5, 0.6) is 0 Å². The molecule has 0 heterocycles. The molecule has 0 amide bonds. The zero-order chi connectivity index (χ0) is 12.0. The molecule has 0 saturated heterocycles. The lowest BCUT2D eigenvalue weighted by Crippen LogP contribution is -2.65. The van der Waals surface area contributed by atoms with Crippen LogP contribution in [0.25, 0.3) is 0 Å². The van der Waals surface area contributed by atoms with Crippen molar-refractivity contribution in [2.45, 2.75) is 64.0 Å². The molecule has 4 fully saturated rings. The van der Waals surface area contributed by atoms with E-state index < -0.39 is 0 Å². The van der Waals surface area contributed by atoms with Gasteiger partial charge in [0.15, 0.2) is 0 Å². The van der Waals surface area contributed by atoms with Gasteiger partial charge in [-0.3, -0.25) is 5.32 Å². The van der Waals surface area contributed by atoms with Crippen LogP contribution in [0.1, 0.15) is 52.4 Å². The highest BCUT2D eigenvalue weighted by molar-refractivity contribution is 5.21. The first-order valence-corrected chi connectivity index (χ1v) is 7.36. The minimum atomic E-state index is -0.178. The predicted octanol–water partition coefficient (Wildman–Crippen LogP) is 3.09. The minimum Gasteiger partial charge on any atom is -0.296 e. The molecule has 4 rings (SSSR count). The topological polar surface area (TPSA) is 35.8 Å². The van der Waals surface area contributed by atoms with Gasteiger partial charge >= 0.3 is 0 Å². The molecule has 4 saturated carbocycles. The molecule has 0 aromatic rings. The van der Waals surface area contributed by atoms with Gasteiger partial charge in [0.25, 0.3) is 0 Å². The Kier molecular flexibility index (Phi) is 2.70. The van der Waals surface area contributed by atoms with Gasteiger partial charge in [0.1, 0.15) is 5.54 Å². The van der Waals surface area contributed by atoms with E-state index in [4.69, 9.17) is 0 Å². The fourth-order valence-corrected chi connectivity index (χ4v) is 4.89. The van der Waals surface area contributed by atoms with Crippen LogP contribution in [-0.4, -0.2) is 11.6 Å². The summed E-state index contributed by atoms with van der Waals surface area (Å²) in [6, 6.07) is 3.19. The van der Waals surface area contributed by atoms with Crippen LogP contribution in [0.4, 0.5) is 0 Å². The van der Waals surface area contributed by atoms with Crippen LogP contribution in [0.15, 0.2) is 0 Å². The standard InChI is InChI=1S/C15H24N2/c1-3-10(2)17-15(9-16)13-5-11-4-12(7-13)8-14(15)6-11/h10-14,17H,3-8H2,1-2H3. The summed E-state index contributed by atoms with van der Waals surface area (Å²) >= 11 is 0. The van der Waals surface area contributed by atoms with E-state index in [0.29, 0.717) is 17.9 Å². The lowest BCUT2D eigenvalue weighted by Gasteiger charge is -2.59. The Morgan fingerprint density at radius 3 is 2.12 bits per heavy atom. The van der Waals surface area contributed by atoms with Crippen molar-refractivity contribution in [2.24, 2.45) is 23.7 Å². The summed E-state index contributed by atoms with van der Waals surface area (Å²) < 4.78 is 0. The highest BCUT2D eigenvalue weighted by Crippen LogP contribution is 2.58. The number of nitrogens with one attached hydrogen (secondary N) is 1. The third-order valence-electron chi connectivity index (χ3n) is 5.71. The second-order valence-electron chi connectivity index (χ2n) is 6.74. The molecule has 0 spiro atoms. The number of hydrogen-bond donors (Lipinski definition) is 1. The number of hydrogen-bond acceptors (Lipinski definition) is 2. The van der Waals surface area contributed by atoms with Crippen LogP contribution in [0.2, 0.25) is 0 Å². The van der Waals surface area contributed by atoms with E-state index in [-0.39, 0.29) is 5.54 Å². The third kappa shape index (κ3) is 1.63. The molecule has 4 aliphatic carbocycles. The van der Waals surface area contributed by atoms with E-state index >= 15 is 0 Å². The van der Waals surface area contributed by atoms with Crippen molar-refractivity contribution < 1.29 is 0 Å². The average molecular weight is 232 g/mol. The molecule has 94 valence electrons. The average Bonchev–Trinajstić information content (AvgIpc) is 2.33. The molecule has 1 unspecified atom stereocenters. The monoisotopic (exact) mass is 232 g/mol. The molecule has 4 aliphatic rings. The van der Waals surface area contributed by atoms with Crippen molar-refractivity contribution in [3.63, 3.8) is 0 Å². The third-order valence-corrected chi connectivity index (χ3v) is 5.71. The van der Waals surface area contributed by atoms with Crippen LogP contribution < -0.4 is 5.32 Å². The molecule has 4 bridgehead atoms. The Labute approximate surface area is 105 Å². The van der Waals surface area contributed by atoms with Gasteiger partial charge in [0.05, 0.1) is 6.07 Å². The van der Waals surface area contributed by atoms with E-state index in [0.717, 1.165) is 18.3 Å². The van der Waals surface area contributed by atoms with Crippen molar-refractivity contribution in [3.8, 4) is 6.07 Å². The maximum Gasteiger partial charge on any atom is 0.112 e. The summed E-state index contributed by atoms with van der Waals surface area (Å²) in [7, 11) is 0. The second kappa shape index (κ2) is 3.99. The highest BCUT2D eigenvalue weighted by Gasteiger charge is 2.57. The van der Waals surface area contributed by atoms with Crippen molar-refractivity contribution in [2.75, 3.05) is 0 Å². The van der Waals surface area contributed by atoms with Crippen LogP contribution in [0, 0.1) is 35.0 Å². The zero-order valence-corrected chi connectivity index (χ0v) is 11.1. The quantitative estimate of drug-likeness (QED) is 0.811. The maximum absolute atomic E-state index is 9.78. The SMILES string of the molecule is CCC(C)NC1(C#N)C2CC3CC(C2)CC1C3. The van der Waals surface area contributed by atoms with Gasteiger partial charge in [-0.15, -0.1) is 0 Å². The van der Waals surface area contributed by atoms with Crippen molar-refractivity contribution in [3.05, 3.63) is 0 Å². The van der Waals surface area contributed by atoms with Gasteiger partial charge in [0.2, 0.25) is 0 Å². The molecule has 2 heteroatoms. The Bertz CT molecular complexity index is 313. The Balaban J connectivity index is 1.87. The first-order valence-electron chi connectivity index (χ1n) is 7.36. The summed E-state index contributed by atoms with van der Waals surface area (Å²) in [5.74, 6) is 3.16. The molecule has 2 nitrogen and oxygen atoms in total. The predicted molar refractivity (Wildman–Crippen MR) is 68.3 cm³/mol. The fraction of sp³-hybridized carbons (Fsp3) is 0.933. The van der Waals surface area contributed by atoms with Gasteiger partial charge in [-0.05, 0) is 69.1 Å². The Hall–Kier alpha value is -0.550. The largest absolute Gasteiger partial charge is 0.296 e. The first kappa shape index (κ1) is 11.5. The molecular formula is C15H24N2. The summed E-state index contributed by atoms with van der Waals surface area (Å²) in [6.45, 7) is 4.43. The maximum atomic E-state index is 9.78. The zero-order valence-electron chi connectivity index (χ0n) is 11.1. The van der Waals surface area contributed by atoms with Crippen molar-refractivity contribution in [1.29, 1.82) is 5.26 Å². The summed E-state index contributed by atoms with van der Waals surface area (Å²) in [4.78, 5) is 0. The first-order chi connectivity index (χ1) is 8.18. The Morgan fingerprint density at radius 2 is 1.71 bits per heavy atom. The van der Waals surface area contributed by atoms with Crippen LogP contribution in [0.3, 0.4) is 0 Å². The molecule has 0 aromatic heterocycles. The van der Waals surface area contributed by atoms with E-state index in [2.05, 4.69) is 25.2 Å². The number of nitriles is 1. The summed E-state index contributed by atoms with van der Waals surface area (Å²) in [5, 5.41) is 13.5. The summed E-state index contributed by atoms with van der Waals surface area (Å²) in [6.07, 6.45) is 7.82. The van der Waals surface area contributed by atoms with E-state index in [1.807, 2.05) is 0 Å². The molecule has 1 atom stereocenters. The molecule has 1 N–H and O–H groups in total. The van der Waals surface area contributed by atoms with Gasteiger partial charge < -0.3 is 0 Å². The lowest BCUT2D eigenvalue weighted by molar-refractivity contribution is -0.0505.